The van der Waals surface area contributed by atoms with Gasteiger partial charge in [0.25, 0.3) is 0 Å². The Balaban J connectivity index is 4.29. The Bertz CT molecular complexity index is 515. The van der Waals surface area contributed by atoms with Gasteiger partial charge in [-0.1, -0.05) is 0 Å². The van der Waals surface area contributed by atoms with Gasteiger partial charge in [-0.15, -0.1) is 0 Å². The third-order valence-electron chi connectivity index (χ3n) is 2.90. The largest absolute Gasteiger partial charge is 0.480 e. The van der Waals surface area contributed by atoms with Crippen LogP contribution < -0.4 is 5.32 Å². The molecule has 26 heavy (non-hydrogen) atoms. The number of aliphatic carboxylic acids is 1. The number of carboxylic acids is 1. The van der Waals surface area contributed by atoms with Gasteiger partial charge in [-0.05, 0) is 54.4 Å². The van der Waals surface area contributed by atoms with E-state index in [4.69, 9.17) is 14.6 Å². The van der Waals surface area contributed by atoms with Gasteiger partial charge >= 0.3 is 17.9 Å². The summed E-state index contributed by atoms with van der Waals surface area (Å²) in [7, 11) is 0. The second-order valence-corrected chi connectivity index (χ2v) is 8.02. The van der Waals surface area contributed by atoms with Crippen LogP contribution in [0.5, 0.6) is 0 Å². The molecule has 8 nitrogen and oxygen atoms in total. The minimum Gasteiger partial charge on any atom is -0.480 e. The van der Waals surface area contributed by atoms with E-state index in [1.165, 1.54) is 0 Å². The van der Waals surface area contributed by atoms with Crippen molar-refractivity contribution in [1.82, 2.24) is 5.32 Å². The number of carbonyl (C=O) groups excluding carboxylic acids is 3. The van der Waals surface area contributed by atoms with Gasteiger partial charge in [0, 0.05) is 19.3 Å². The van der Waals surface area contributed by atoms with Crippen LogP contribution in [0.4, 0.5) is 0 Å². The zero-order chi connectivity index (χ0) is 20.5. The van der Waals surface area contributed by atoms with Gasteiger partial charge in [-0.2, -0.15) is 0 Å². The molecule has 0 aliphatic carbocycles. The molecule has 0 aromatic carbocycles. The number of nitrogens with one attached hydrogen (secondary N) is 1. The van der Waals surface area contributed by atoms with Crippen LogP contribution in [0.1, 0.15) is 73.6 Å². The molecule has 0 aromatic rings. The van der Waals surface area contributed by atoms with Crippen LogP contribution in [0.25, 0.3) is 0 Å². The van der Waals surface area contributed by atoms with Crippen LogP contribution in [-0.2, 0) is 28.7 Å². The monoisotopic (exact) mass is 373 g/mol. The van der Waals surface area contributed by atoms with Crippen molar-refractivity contribution < 1.29 is 33.8 Å². The van der Waals surface area contributed by atoms with E-state index in [0.29, 0.717) is 0 Å². The summed E-state index contributed by atoms with van der Waals surface area (Å²) in [4.78, 5) is 46.3. The average molecular weight is 373 g/mol. The summed E-state index contributed by atoms with van der Waals surface area (Å²) >= 11 is 0. The Hall–Kier alpha value is -2.12. The summed E-state index contributed by atoms with van der Waals surface area (Å²) in [6, 6.07) is -1.18. The maximum Gasteiger partial charge on any atom is 0.326 e. The Labute approximate surface area is 154 Å². The number of carboxylic acid groups (broad SMARTS) is 1. The highest BCUT2D eigenvalue weighted by molar-refractivity contribution is 5.84. The van der Waals surface area contributed by atoms with Crippen molar-refractivity contribution in [2.75, 3.05) is 0 Å². The summed E-state index contributed by atoms with van der Waals surface area (Å²) < 4.78 is 10.2. The summed E-state index contributed by atoms with van der Waals surface area (Å²) in [5.74, 6) is -2.66. The van der Waals surface area contributed by atoms with Crippen LogP contribution >= 0.6 is 0 Å². The molecule has 0 heterocycles. The molecule has 1 amide bonds. The van der Waals surface area contributed by atoms with Crippen molar-refractivity contribution in [3.8, 4) is 0 Å². The molecule has 0 aliphatic heterocycles. The van der Waals surface area contributed by atoms with Gasteiger partial charge in [0.1, 0.15) is 17.2 Å². The van der Waals surface area contributed by atoms with Crippen molar-refractivity contribution in [2.45, 2.75) is 90.9 Å². The topological polar surface area (TPSA) is 119 Å². The second-order valence-electron chi connectivity index (χ2n) is 8.02. The summed E-state index contributed by atoms with van der Waals surface area (Å²) in [5, 5.41) is 11.5. The Kier molecular flexibility index (Phi) is 9.31. The van der Waals surface area contributed by atoms with Gasteiger partial charge in [0.05, 0.1) is 0 Å². The molecule has 0 radical (unpaired) electrons. The lowest BCUT2D eigenvalue weighted by molar-refractivity contribution is -0.156. The summed E-state index contributed by atoms with van der Waals surface area (Å²) in [6.07, 6.45) is 0.128. The van der Waals surface area contributed by atoms with E-state index in [2.05, 4.69) is 5.32 Å². The standard InChI is InChI=1S/C18H31NO7/c1-17(2,3)25-14(21)9-7-8-13(20)19-12(16(23)24)10-11-15(22)26-18(4,5)6/h12H,7-11H2,1-6H3,(H,19,20)(H,23,24)/t12-/m1/s1. The first-order chi connectivity index (χ1) is 11.7. The van der Waals surface area contributed by atoms with Crippen molar-refractivity contribution >= 4 is 23.8 Å². The number of amides is 1. The lowest BCUT2D eigenvalue weighted by Gasteiger charge is -2.20. The second kappa shape index (κ2) is 10.1. The van der Waals surface area contributed by atoms with E-state index in [9.17, 15) is 19.2 Å². The minimum atomic E-state index is -1.23. The van der Waals surface area contributed by atoms with E-state index >= 15 is 0 Å². The lowest BCUT2D eigenvalue weighted by Crippen LogP contribution is -2.41. The molecule has 150 valence electrons. The van der Waals surface area contributed by atoms with Crippen molar-refractivity contribution in [3.05, 3.63) is 0 Å². The van der Waals surface area contributed by atoms with E-state index in [0.717, 1.165) is 0 Å². The zero-order valence-electron chi connectivity index (χ0n) is 16.5. The Morgan fingerprint density at radius 2 is 1.31 bits per heavy atom. The van der Waals surface area contributed by atoms with Crippen LogP contribution in [0, 0.1) is 0 Å². The Morgan fingerprint density at radius 1 is 0.846 bits per heavy atom. The Morgan fingerprint density at radius 3 is 1.73 bits per heavy atom. The maximum absolute atomic E-state index is 11.9. The van der Waals surface area contributed by atoms with Gasteiger partial charge in [0.15, 0.2) is 0 Å². The fraction of sp³-hybridized carbons (Fsp3) is 0.778. The van der Waals surface area contributed by atoms with Crippen molar-refractivity contribution in [1.29, 1.82) is 0 Å². The highest BCUT2D eigenvalue weighted by Crippen LogP contribution is 2.11. The van der Waals surface area contributed by atoms with Crippen LogP contribution in [0.15, 0.2) is 0 Å². The first-order valence-corrected chi connectivity index (χ1v) is 8.65. The molecule has 0 spiro atoms. The molecule has 1 atom stereocenters. The highest BCUT2D eigenvalue weighted by atomic mass is 16.6. The highest BCUT2D eigenvalue weighted by Gasteiger charge is 2.23. The summed E-state index contributed by atoms with van der Waals surface area (Å²) in [5.41, 5.74) is -1.24. The molecule has 0 aromatic heterocycles. The minimum absolute atomic E-state index is 0.00450. The van der Waals surface area contributed by atoms with Crippen molar-refractivity contribution in [3.63, 3.8) is 0 Å². The molecule has 0 saturated carbocycles. The molecule has 8 heteroatoms. The summed E-state index contributed by atoms with van der Waals surface area (Å²) in [6.45, 7) is 10.4. The number of esters is 2. The first kappa shape index (κ1) is 23.9. The third kappa shape index (κ3) is 13.2. The molecular weight excluding hydrogens is 342 g/mol. The fourth-order valence-corrected chi connectivity index (χ4v) is 1.96. The predicted octanol–water partition coefficient (Wildman–Crippen LogP) is 2.19. The van der Waals surface area contributed by atoms with Gasteiger partial charge in [0.2, 0.25) is 5.91 Å². The predicted molar refractivity (Wildman–Crippen MR) is 94.3 cm³/mol. The molecule has 0 saturated heterocycles. The SMILES string of the molecule is CC(C)(C)OC(=O)CCCC(=O)N[C@H](CCC(=O)OC(C)(C)C)C(=O)O. The van der Waals surface area contributed by atoms with Gasteiger partial charge < -0.3 is 19.9 Å². The van der Waals surface area contributed by atoms with E-state index in [1.54, 1.807) is 41.5 Å². The van der Waals surface area contributed by atoms with Crippen LogP contribution in [0.2, 0.25) is 0 Å². The molecule has 2 N–H and O–H groups in total. The normalized spacial score (nSPS) is 12.8. The van der Waals surface area contributed by atoms with Crippen molar-refractivity contribution in [2.24, 2.45) is 0 Å². The molecule has 0 fully saturated rings. The molecule has 0 bridgehead atoms. The number of hydrogen-bond acceptors (Lipinski definition) is 6. The molecule has 0 aliphatic rings. The number of hydrogen-bond donors (Lipinski definition) is 2. The van der Waals surface area contributed by atoms with E-state index in [1.807, 2.05) is 0 Å². The maximum atomic E-state index is 11.9. The average Bonchev–Trinajstić information content (AvgIpc) is 2.38. The third-order valence-corrected chi connectivity index (χ3v) is 2.90. The number of carbonyl (C=O) groups is 4. The molecule has 0 unspecified atom stereocenters. The zero-order valence-corrected chi connectivity index (χ0v) is 16.5. The van der Waals surface area contributed by atoms with Crippen LogP contribution in [-0.4, -0.2) is 46.2 Å². The van der Waals surface area contributed by atoms with E-state index < -0.39 is 41.1 Å². The quantitative estimate of drug-likeness (QED) is 0.595. The molecular formula is C18H31NO7. The number of rotatable bonds is 9. The number of ether oxygens (including phenoxy) is 2. The smallest absolute Gasteiger partial charge is 0.326 e. The van der Waals surface area contributed by atoms with E-state index in [-0.39, 0.29) is 32.1 Å². The molecule has 0 rings (SSSR count). The van der Waals surface area contributed by atoms with Gasteiger partial charge in [-0.3, -0.25) is 14.4 Å². The van der Waals surface area contributed by atoms with Gasteiger partial charge in [-0.25, -0.2) is 4.79 Å². The van der Waals surface area contributed by atoms with Crippen LogP contribution in [0.3, 0.4) is 0 Å². The fourth-order valence-electron chi connectivity index (χ4n) is 1.96. The first-order valence-electron chi connectivity index (χ1n) is 8.65. The lowest BCUT2D eigenvalue weighted by atomic mass is 10.1.